The summed E-state index contributed by atoms with van der Waals surface area (Å²) in [4.78, 5) is 71.9. The Morgan fingerprint density at radius 3 is 1.95 bits per heavy atom. The predicted octanol–water partition coefficient (Wildman–Crippen LogP) is 6.52. The lowest BCUT2D eigenvalue weighted by Gasteiger charge is -2.31. The number of imidazole rings is 2. The SMILES string of the molecule is CCC[C@@H](c1ncc(-c2cc3c4c(c2)OCc2cc(-c5cnc([C@@H]6C[C@H](COC)CN6C(=O)C(NC(=O)OC)C(C)C)[nH]5)cc(c2-4)OC3)[nH]1)N(C)C(=O)C(NC(=O)OC)C(C)C. The molecule has 4 amide bonds. The highest BCUT2D eigenvalue weighted by Gasteiger charge is 2.42. The van der Waals surface area contributed by atoms with Crippen molar-refractivity contribution in [2.75, 3.05) is 41.5 Å². The van der Waals surface area contributed by atoms with Crippen LogP contribution in [0.5, 0.6) is 11.5 Å². The van der Waals surface area contributed by atoms with E-state index in [0.29, 0.717) is 50.9 Å². The van der Waals surface area contributed by atoms with Crippen LogP contribution in [0.3, 0.4) is 0 Å². The lowest BCUT2D eigenvalue weighted by molar-refractivity contribution is -0.136. The Labute approximate surface area is 361 Å². The minimum Gasteiger partial charge on any atom is -0.488 e. The van der Waals surface area contributed by atoms with Gasteiger partial charge in [0.15, 0.2) is 0 Å². The third-order valence-corrected chi connectivity index (χ3v) is 12.1. The number of nitrogens with zero attached hydrogens (tertiary/aromatic N) is 4. The molecular weight excluding hydrogens is 797 g/mol. The Morgan fingerprint density at radius 1 is 0.839 bits per heavy atom. The largest absolute Gasteiger partial charge is 0.488 e. The molecular formula is C45H58N8O9. The molecule has 0 saturated carbocycles. The summed E-state index contributed by atoms with van der Waals surface area (Å²) >= 11 is 0. The summed E-state index contributed by atoms with van der Waals surface area (Å²) in [6, 6.07) is 5.96. The third kappa shape index (κ3) is 8.67. The van der Waals surface area contributed by atoms with Crippen LogP contribution in [0.15, 0.2) is 36.7 Å². The van der Waals surface area contributed by atoms with Gasteiger partial charge in [0.25, 0.3) is 0 Å². The first-order chi connectivity index (χ1) is 29.8. The predicted molar refractivity (Wildman–Crippen MR) is 229 cm³/mol. The van der Waals surface area contributed by atoms with Gasteiger partial charge in [0.05, 0.1) is 56.7 Å². The molecule has 3 aliphatic heterocycles. The second kappa shape index (κ2) is 18.5. The first kappa shape index (κ1) is 44.0. The highest BCUT2D eigenvalue weighted by molar-refractivity contribution is 5.89. The van der Waals surface area contributed by atoms with Gasteiger partial charge < -0.3 is 54.1 Å². The van der Waals surface area contributed by atoms with E-state index in [1.54, 1.807) is 36.4 Å². The molecule has 3 aliphatic rings. The van der Waals surface area contributed by atoms with E-state index in [9.17, 15) is 19.2 Å². The molecule has 0 spiro atoms. The van der Waals surface area contributed by atoms with E-state index in [-0.39, 0.29) is 41.7 Å². The lowest BCUT2D eigenvalue weighted by Crippen LogP contribution is -2.51. The standard InChI is InChI=1S/C45H58N8O9/c1-10-11-32(52(6)42(54)38(23(2)3)50-44(56)59-8)40-46-17-30(48-40)26-13-28-21-62-35-16-27(14-29-22-61-34(15-26)36(28)37(29)35)31-18-47-41(49-31)33-12-25(20-58-7)19-53(33)43(55)39(24(4)5)51-45(57)60-9/h13-18,23-25,32-33,38-39H,10-12,19-22H2,1-9H3,(H,46,48)(H,47,49)(H,50,56)(H,51,57)/t25-,32-,33-,38?,39?/m0/s1. The van der Waals surface area contributed by atoms with E-state index in [1.165, 1.54) is 14.2 Å². The number of carbonyl (C=O) groups is 4. The highest BCUT2D eigenvalue weighted by atomic mass is 16.5. The minimum atomic E-state index is -0.767. The number of aromatic nitrogens is 4. The highest BCUT2D eigenvalue weighted by Crippen LogP contribution is 2.51. The summed E-state index contributed by atoms with van der Waals surface area (Å²) < 4.78 is 28.0. The van der Waals surface area contributed by atoms with Crippen LogP contribution in [0.2, 0.25) is 0 Å². The average molecular weight is 855 g/mol. The van der Waals surface area contributed by atoms with Crippen molar-refractivity contribution in [3.05, 3.63) is 59.4 Å². The zero-order chi connectivity index (χ0) is 44.4. The normalized spacial score (nSPS) is 17.7. The van der Waals surface area contributed by atoms with E-state index >= 15 is 0 Å². The first-order valence-corrected chi connectivity index (χ1v) is 21.2. The number of amides is 4. The van der Waals surface area contributed by atoms with Crippen LogP contribution in [0.4, 0.5) is 9.59 Å². The van der Waals surface area contributed by atoms with Crippen molar-refractivity contribution in [2.45, 2.75) is 91.3 Å². The van der Waals surface area contributed by atoms with Crippen LogP contribution in [0.25, 0.3) is 33.6 Å². The fourth-order valence-electron chi connectivity index (χ4n) is 8.82. The quantitative estimate of drug-likeness (QED) is 0.102. The van der Waals surface area contributed by atoms with Gasteiger partial charge in [0.1, 0.15) is 48.4 Å². The number of likely N-dealkylation sites (tertiary alicyclic amines) is 1. The number of likely N-dealkylation sites (N-methyl/N-ethyl adjacent to an activating group) is 1. The zero-order valence-corrected chi connectivity index (χ0v) is 36.9. The maximum Gasteiger partial charge on any atom is 0.407 e. The van der Waals surface area contributed by atoms with E-state index in [2.05, 4.69) is 39.7 Å². The number of alkyl carbamates (subject to hydrolysis) is 2. The second-order valence-corrected chi connectivity index (χ2v) is 17.0. The summed E-state index contributed by atoms with van der Waals surface area (Å²) in [6.07, 6.45) is 4.35. The van der Waals surface area contributed by atoms with Gasteiger partial charge in [-0.2, -0.15) is 0 Å². The molecule has 4 aromatic rings. The summed E-state index contributed by atoms with van der Waals surface area (Å²) in [7, 11) is 5.94. The number of aromatic amines is 2. The van der Waals surface area contributed by atoms with Crippen molar-refractivity contribution >= 4 is 24.0 Å². The number of hydrogen-bond acceptors (Lipinski definition) is 11. The van der Waals surface area contributed by atoms with Gasteiger partial charge in [-0.15, -0.1) is 0 Å². The molecule has 5 heterocycles. The lowest BCUT2D eigenvalue weighted by atomic mass is 9.87. The van der Waals surface area contributed by atoms with Gasteiger partial charge in [-0.3, -0.25) is 9.59 Å². The van der Waals surface area contributed by atoms with E-state index in [4.69, 9.17) is 33.7 Å². The zero-order valence-electron chi connectivity index (χ0n) is 36.9. The third-order valence-electron chi connectivity index (χ3n) is 12.1. The molecule has 1 saturated heterocycles. The van der Waals surface area contributed by atoms with Crippen molar-refractivity contribution in [1.29, 1.82) is 0 Å². The Kier molecular flexibility index (Phi) is 13.1. The van der Waals surface area contributed by atoms with E-state index < -0.39 is 24.3 Å². The number of methoxy groups -OCH3 is 3. The number of H-pyrrole nitrogens is 2. The number of hydrogen-bond donors (Lipinski definition) is 4. The molecule has 7 rings (SSSR count). The maximum atomic E-state index is 14.0. The Bertz CT molecular complexity index is 2250. The summed E-state index contributed by atoms with van der Waals surface area (Å²) in [5, 5.41) is 5.40. The molecule has 17 heteroatoms. The average Bonchev–Trinajstić information content (AvgIpc) is 4.05. The van der Waals surface area contributed by atoms with Crippen LogP contribution in [0.1, 0.15) is 88.7 Å². The summed E-state index contributed by atoms with van der Waals surface area (Å²) in [6.45, 7) is 11.2. The number of nitrogens with one attached hydrogen (secondary N) is 4. The number of ether oxygens (including phenoxy) is 5. The van der Waals surface area contributed by atoms with Crippen molar-refractivity contribution in [1.82, 2.24) is 40.4 Å². The van der Waals surface area contributed by atoms with E-state index in [0.717, 1.165) is 62.7 Å². The molecule has 5 atom stereocenters. The van der Waals surface area contributed by atoms with E-state index in [1.807, 2.05) is 39.8 Å². The van der Waals surface area contributed by atoms with Crippen LogP contribution < -0.4 is 20.1 Å². The molecule has 17 nitrogen and oxygen atoms in total. The molecule has 2 aromatic carbocycles. The Balaban J connectivity index is 1.13. The monoisotopic (exact) mass is 854 g/mol. The molecule has 0 aliphatic carbocycles. The Morgan fingerprint density at radius 2 is 1.40 bits per heavy atom. The fraction of sp³-hybridized carbons (Fsp3) is 0.511. The maximum absolute atomic E-state index is 14.0. The van der Waals surface area contributed by atoms with Crippen molar-refractivity contribution in [3.63, 3.8) is 0 Å². The summed E-state index contributed by atoms with van der Waals surface area (Å²) in [5.41, 5.74) is 7.22. The van der Waals surface area contributed by atoms with Gasteiger partial charge in [-0.25, -0.2) is 19.6 Å². The molecule has 2 unspecified atom stereocenters. The molecule has 2 aromatic heterocycles. The van der Waals surface area contributed by atoms with Gasteiger partial charge in [0.2, 0.25) is 11.8 Å². The number of benzene rings is 2. The van der Waals surface area contributed by atoms with Crippen molar-refractivity contribution in [3.8, 4) is 45.1 Å². The molecule has 62 heavy (non-hydrogen) atoms. The van der Waals surface area contributed by atoms with Crippen LogP contribution in [-0.2, 0) is 37.0 Å². The van der Waals surface area contributed by atoms with Gasteiger partial charge in [-0.05, 0) is 48.9 Å². The minimum absolute atomic E-state index is 0.0912. The molecule has 332 valence electrons. The van der Waals surface area contributed by atoms with Crippen molar-refractivity contribution < 1.29 is 42.9 Å². The number of carbonyl (C=O) groups excluding carboxylic acids is 4. The Hall–Kier alpha value is -6.10. The van der Waals surface area contributed by atoms with Gasteiger partial charge in [-0.1, -0.05) is 41.0 Å². The van der Waals surface area contributed by atoms with Gasteiger partial charge in [0, 0.05) is 60.0 Å². The number of rotatable bonds is 15. The smallest absolute Gasteiger partial charge is 0.407 e. The molecule has 1 fully saturated rings. The van der Waals surface area contributed by atoms with Crippen LogP contribution >= 0.6 is 0 Å². The van der Waals surface area contributed by atoms with Crippen LogP contribution in [-0.4, -0.2) is 107 Å². The molecule has 4 N–H and O–H groups in total. The second-order valence-electron chi connectivity index (χ2n) is 17.0. The van der Waals surface area contributed by atoms with Crippen LogP contribution in [0, 0.1) is 17.8 Å². The fourth-order valence-corrected chi connectivity index (χ4v) is 8.82. The summed E-state index contributed by atoms with van der Waals surface area (Å²) in [5.74, 6) is 2.10. The molecule has 0 bridgehead atoms. The molecule has 0 radical (unpaired) electrons. The van der Waals surface area contributed by atoms with Crippen molar-refractivity contribution in [2.24, 2.45) is 17.8 Å². The topological polar surface area (TPSA) is 202 Å². The van der Waals surface area contributed by atoms with Gasteiger partial charge >= 0.3 is 12.2 Å². The first-order valence-electron chi connectivity index (χ1n) is 21.2.